The fourth-order valence-electron chi connectivity index (χ4n) is 6.35. The van der Waals surface area contributed by atoms with E-state index in [0.717, 1.165) is 30.1 Å². The molecule has 1 aromatic rings. The quantitative estimate of drug-likeness (QED) is 0.745. The molecule has 2 nitrogen and oxygen atoms in total. The molecule has 2 fully saturated rings. The molecule has 0 amide bonds. The van der Waals surface area contributed by atoms with E-state index in [1.54, 1.807) is 11.1 Å². The van der Waals surface area contributed by atoms with Crippen molar-refractivity contribution in [3.63, 3.8) is 0 Å². The van der Waals surface area contributed by atoms with Crippen LogP contribution in [0.1, 0.15) is 69.4 Å². The average Bonchev–Trinajstić information content (AvgIpc) is 2.60. The number of rotatable bonds is 3. The van der Waals surface area contributed by atoms with Gasteiger partial charge in [-0.25, -0.2) is 0 Å². The first kappa shape index (κ1) is 16.4. The number of aryl methyl sites for hydroxylation is 1. The third-order valence-electron chi connectivity index (χ3n) is 7.45. The van der Waals surface area contributed by atoms with Crippen LogP contribution >= 0.6 is 0 Å². The van der Waals surface area contributed by atoms with Crippen molar-refractivity contribution in [3.8, 4) is 5.75 Å². The van der Waals surface area contributed by atoms with E-state index in [1.165, 1.54) is 44.9 Å². The summed E-state index contributed by atoms with van der Waals surface area (Å²) in [5, 5.41) is 0. The van der Waals surface area contributed by atoms with Crippen molar-refractivity contribution >= 4 is 0 Å². The Hall–Kier alpha value is -1.02. The average molecular weight is 328 g/mol. The third-order valence-corrected chi connectivity index (χ3v) is 7.45. The van der Waals surface area contributed by atoms with E-state index in [2.05, 4.69) is 32.0 Å². The lowest BCUT2D eigenvalue weighted by atomic mass is 9.50. The minimum absolute atomic E-state index is 0.400. The Morgan fingerprint density at radius 3 is 2.83 bits per heavy atom. The summed E-state index contributed by atoms with van der Waals surface area (Å²) in [6, 6.07) is 6.87. The van der Waals surface area contributed by atoms with Crippen LogP contribution in [0.3, 0.4) is 0 Å². The number of fused-ring (bicyclic) bond motifs is 5. The molecule has 5 atom stereocenters. The van der Waals surface area contributed by atoms with Crippen LogP contribution in [0.25, 0.3) is 0 Å². The molecule has 0 saturated heterocycles. The zero-order chi connectivity index (χ0) is 16.7. The zero-order valence-corrected chi connectivity index (χ0v) is 15.5. The first-order valence-corrected chi connectivity index (χ1v) is 9.95. The van der Waals surface area contributed by atoms with Gasteiger partial charge in [-0.3, -0.25) is 0 Å². The first-order chi connectivity index (χ1) is 11.7. The van der Waals surface area contributed by atoms with Crippen LogP contribution in [0.15, 0.2) is 18.2 Å². The second kappa shape index (κ2) is 6.37. The van der Waals surface area contributed by atoms with Gasteiger partial charge in [0.15, 0.2) is 0 Å². The lowest BCUT2D eigenvalue weighted by Gasteiger charge is -2.57. The van der Waals surface area contributed by atoms with Gasteiger partial charge in [0.2, 0.25) is 0 Å². The van der Waals surface area contributed by atoms with Crippen molar-refractivity contribution in [2.45, 2.75) is 70.8 Å². The smallest absolute Gasteiger partial charge is 0.119 e. The fourth-order valence-corrected chi connectivity index (χ4v) is 6.35. The van der Waals surface area contributed by atoms with Crippen LogP contribution in [-0.4, -0.2) is 19.8 Å². The second-order valence-electron chi connectivity index (χ2n) is 8.41. The molecule has 0 spiro atoms. The van der Waals surface area contributed by atoms with Gasteiger partial charge in [-0.05, 0) is 91.9 Å². The van der Waals surface area contributed by atoms with Gasteiger partial charge in [-0.1, -0.05) is 19.4 Å². The van der Waals surface area contributed by atoms with Gasteiger partial charge in [0, 0.05) is 7.11 Å². The van der Waals surface area contributed by atoms with Crippen molar-refractivity contribution in [1.29, 1.82) is 0 Å². The number of hydrogen-bond donors (Lipinski definition) is 0. The molecule has 2 heteroatoms. The summed E-state index contributed by atoms with van der Waals surface area (Å²) in [6.07, 6.45) is 9.71. The Morgan fingerprint density at radius 2 is 2.04 bits per heavy atom. The van der Waals surface area contributed by atoms with Crippen LogP contribution in [0.2, 0.25) is 0 Å². The fraction of sp³-hybridized carbons (Fsp3) is 0.727. The van der Waals surface area contributed by atoms with Gasteiger partial charge in [0.05, 0.1) is 12.7 Å². The topological polar surface area (TPSA) is 18.5 Å². The van der Waals surface area contributed by atoms with E-state index in [4.69, 9.17) is 9.47 Å². The zero-order valence-electron chi connectivity index (χ0n) is 15.5. The highest BCUT2D eigenvalue weighted by Crippen LogP contribution is 2.60. The van der Waals surface area contributed by atoms with Gasteiger partial charge in [-0.15, -0.1) is 0 Å². The highest BCUT2D eigenvalue weighted by Gasteiger charge is 2.53. The van der Waals surface area contributed by atoms with E-state index in [0.29, 0.717) is 11.5 Å². The van der Waals surface area contributed by atoms with E-state index in [9.17, 15) is 0 Å². The maximum atomic E-state index is 5.94. The first-order valence-electron chi connectivity index (χ1n) is 9.95. The van der Waals surface area contributed by atoms with Crippen molar-refractivity contribution in [2.24, 2.45) is 17.3 Å². The summed E-state index contributed by atoms with van der Waals surface area (Å²) in [4.78, 5) is 0. The maximum Gasteiger partial charge on any atom is 0.119 e. The molecule has 0 aromatic heterocycles. The molecule has 2 saturated carbocycles. The molecule has 0 bridgehead atoms. The maximum absolute atomic E-state index is 5.94. The Bertz CT molecular complexity index is 596. The molecule has 0 aliphatic heterocycles. The summed E-state index contributed by atoms with van der Waals surface area (Å²) < 4.78 is 11.7. The summed E-state index contributed by atoms with van der Waals surface area (Å²) in [6.45, 7) is 5.34. The monoisotopic (exact) mass is 328 g/mol. The van der Waals surface area contributed by atoms with E-state index in [1.807, 2.05) is 7.11 Å². The molecule has 3 aliphatic carbocycles. The molecule has 1 aromatic carbocycles. The highest BCUT2D eigenvalue weighted by atomic mass is 16.5. The lowest BCUT2D eigenvalue weighted by Crippen LogP contribution is -2.51. The summed E-state index contributed by atoms with van der Waals surface area (Å²) in [7, 11) is 1.93. The summed E-state index contributed by atoms with van der Waals surface area (Å²) in [5.41, 5.74) is 3.57. The van der Waals surface area contributed by atoms with Crippen molar-refractivity contribution in [3.05, 3.63) is 29.3 Å². The Balaban J connectivity index is 1.63. The minimum atomic E-state index is 0.400. The molecule has 0 heterocycles. The van der Waals surface area contributed by atoms with Crippen molar-refractivity contribution in [1.82, 2.24) is 0 Å². The molecule has 3 aliphatic rings. The van der Waals surface area contributed by atoms with Crippen LogP contribution in [0.5, 0.6) is 5.75 Å². The van der Waals surface area contributed by atoms with Crippen LogP contribution in [0, 0.1) is 17.3 Å². The molecule has 4 rings (SSSR count). The normalized spacial score (nSPS) is 38.0. The highest BCUT2D eigenvalue weighted by molar-refractivity contribution is 5.40. The number of ether oxygens (including phenoxy) is 2. The van der Waals surface area contributed by atoms with Crippen LogP contribution in [-0.2, 0) is 11.2 Å². The Kier molecular flexibility index (Phi) is 4.36. The summed E-state index contributed by atoms with van der Waals surface area (Å²) in [5.74, 6) is 3.51. The van der Waals surface area contributed by atoms with Gasteiger partial charge < -0.3 is 9.47 Å². The largest absolute Gasteiger partial charge is 0.494 e. The third kappa shape index (κ3) is 2.49. The van der Waals surface area contributed by atoms with E-state index in [-0.39, 0.29) is 0 Å². The standard InChI is InChI=1S/C22H32O2/c1-4-24-16-9-11-17-15(14-16)8-10-19-18(17)12-13-22(2)20(19)6-5-7-21(22)23-3/h9,11,14,18-21H,4-8,10,12-13H2,1-3H3. The minimum Gasteiger partial charge on any atom is -0.494 e. The van der Waals surface area contributed by atoms with Crippen molar-refractivity contribution in [2.75, 3.05) is 13.7 Å². The molecule has 0 N–H and O–H groups in total. The Morgan fingerprint density at radius 1 is 1.17 bits per heavy atom. The number of benzene rings is 1. The summed E-state index contributed by atoms with van der Waals surface area (Å²) >= 11 is 0. The molecular weight excluding hydrogens is 296 g/mol. The van der Waals surface area contributed by atoms with Gasteiger partial charge in [-0.2, -0.15) is 0 Å². The van der Waals surface area contributed by atoms with Gasteiger partial charge in [0.25, 0.3) is 0 Å². The van der Waals surface area contributed by atoms with Crippen LogP contribution < -0.4 is 4.74 Å². The van der Waals surface area contributed by atoms with Crippen LogP contribution in [0.4, 0.5) is 0 Å². The van der Waals surface area contributed by atoms with E-state index >= 15 is 0 Å². The molecular formula is C22H32O2. The second-order valence-corrected chi connectivity index (χ2v) is 8.41. The van der Waals surface area contributed by atoms with E-state index < -0.39 is 0 Å². The molecule has 0 radical (unpaired) electrons. The van der Waals surface area contributed by atoms with Gasteiger partial charge in [0.1, 0.15) is 5.75 Å². The molecule has 132 valence electrons. The number of hydrogen-bond acceptors (Lipinski definition) is 2. The lowest BCUT2D eigenvalue weighted by molar-refractivity contribution is -0.114. The molecule has 24 heavy (non-hydrogen) atoms. The predicted octanol–water partition coefficient (Wildman–Crippen LogP) is 5.35. The Labute approximate surface area is 146 Å². The number of methoxy groups -OCH3 is 1. The van der Waals surface area contributed by atoms with Gasteiger partial charge >= 0.3 is 0 Å². The molecule has 5 unspecified atom stereocenters. The SMILES string of the molecule is CCOc1ccc2c(c1)CCC1C2CCC2(C)C(OC)CCCC12. The predicted molar refractivity (Wildman–Crippen MR) is 97.6 cm³/mol. The van der Waals surface area contributed by atoms with Crippen molar-refractivity contribution < 1.29 is 9.47 Å².